The van der Waals surface area contributed by atoms with Gasteiger partial charge in [0.25, 0.3) is 0 Å². The second kappa shape index (κ2) is 2.36. The maximum Gasteiger partial charge on any atom is 0.0647 e. The molecule has 11 heavy (non-hydrogen) atoms. The Morgan fingerprint density at radius 1 is 1.36 bits per heavy atom. The first-order chi connectivity index (χ1) is 4.91. The Bertz CT molecular complexity index is 228. The van der Waals surface area contributed by atoms with Crippen LogP contribution in [0.4, 0.5) is 0 Å². The Morgan fingerprint density at radius 3 is 2.09 bits per heavy atom. The van der Waals surface area contributed by atoms with Crippen LogP contribution in [-0.2, 0) is 0 Å². The van der Waals surface area contributed by atoms with Gasteiger partial charge in [-0.25, -0.2) is 0 Å². The summed E-state index contributed by atoms with van der Waals surface area (Å²) in [6.07, 6.45) is 0.854. The van der Waals surface area contributed by atoms with Gasteiger partial charge in [-0.05, 0) is 6.92 Å². The van der Waals surface area contributed by atoms with Crippen LogP contribution in [-0.4, -0.2) is 5.71 Å². The van der Waals surface area contributed by atoms with Gasteiger partial charge in [0, 0.05) is 23.2 Å². The molecule has 1 heterocycles. The summed E-state index contributed by atoms with van der Waals surface area (Å²) in [4.78, 5) is 4.41. The lowest BCUT2D eigenvalue weighted by Crippen LogP contribution is -2.11. The second-order valence-electron chi connectivity index (χ2n) is 4.15. The monoisotopic (exact) mass is 152 g/mol. The van der Waals surface area contributed by atoms with Gasteiger partial charge in [0.05, 0.1) is 5.70 Å². The highest BCUT2D eigenvalue weighted by atomic mass is 14.9. The summed E-state index contributed by atoms with van der Waals surface area (Å²) >= 11 is 0. The molecule has 1 rings (SSSR count). The summed E-state index contributed by atoms with van der Waals surface area (Å²) in [6, 6.07) is 0. The third kappa shape index (κ3) is 1.62. The summed E-state index contributed by atoms with van der Waals surface area (Å²) in [5.74, 6) is 0. The highest BCUT2D eigenvalue weighted by Crippen LogP contribution is 2.32. The zero-order chi connectivity index (χ0) is 8.65. The standard InChI is InChI=1S/C9H16N2/c1-6-5-7(10)8(11-6)9(2,3)4/h5,10H2,1-4H3. The fourth-order valence-corrected chi connectivity index (χ4v) is 1.31. The van der Waals surface area contributed by atoms with Crippen LogP contribution >= 0.6 is 0 Å². The van der Waals surface area contributed by atoms with Gasteiger partial charge in [0.1, 0.15) is 0 Å². The number of nitrogens with two attached hydrogens (primary N) is 1. The molecule has 62 valence electrons. The van der Waals surface area contributed by atoms with E-state index < -0.39 is 0 Å². The molecule has 0 unspecified atom stereocenters. The molecule has 0 fully saturated rings. The van der Waals surface area contributed by atoms with E-state index in [9.17, 15) is 0 Å². The molecule has 1 aliphatic rings. The molecule has 0 aliphatic carbocycles. The maximum absolute atomic E-state index is 5.82. The van der Waals surface area contributed by atoms with E-state index in [0.717, 1.165) is 23.5 Å². The molecule has 0 atom stereocenters. The smallest absolute Gasteiger partial charge is 0.0647 e. The van der Waals surface area contributed by atoms with E-state index >= 15 is 0 Å². The van der Waals surface area contributed by atoms with Crippen molar-refractivity contribution in [2.24, 2.45) is 16.1 Å². The van der Waals surface area contributed by atoms with Crippen LogP contribution in [0, 0.1) is 5.41 Å². The molecular formula is C9H16N2. The Balaban J connectivity index is 2.95. The summed E-state index contributed by atoms with van der Waals surface area (Å²) < 4.78 is 0. The number of rotatable bonds is 0. The van der Waals surface area contributed by atoms with Crippen molar-refractivity contribution in [3.8, 4) is 0 Å². The van der Waals surface area contributed by atoms with Crippen molar-refractivity contribution < 1.29 is 0 Å². The summed E-state index contributed by atoms with van der Waals surface area (Å²) in [5.41, 5.74) is 9.06. The number of aliphatic imine (C=N–C) groups is 1. The summed E-state index contributed by atoms with van der Waals surface area (Å²) in [6.45, 7) is 8.43. The van der Waals surface area contributed by atoms with Gasteiger partial charge in [-0.3, -0.25) is 4.99 Å². The lowest BCUT2D eigenvalue weighted by molar-refractivity contribution is 0.495. The van der Waals surface area contributed by atoms with Gasteiger partial charge < -0.3 is 5.73 Å². The Hall–Kier alpha value is -0.790. The molecule has 2 N–H and O–H groups in total. The van der Waals surface area contributed by atoms with Gasteiger partial charge in [-0.2, -0.15) is 0 Å². The van der Waals surface area contributed by atoms with Crippen LogP contribution in [0.1, 0.15) is 34.1 Å². The van der Waals surface area contributed by atoms with Crippen LogP contribution in [0.15, 0.2) is 16.4 Å². The van der Waals surface area contributed by atoms with Gasteiger partial charge in [-0.1, -0.05) is 20.8 Å². The van der Waals surface area contributed by atoms with Gasteiger partial charge in [0.15, 0.2) is 0 Å². The molecule has 0 aromatic carbocycles. The van der Waals surface area contributed by atoms with E-state index in [2.05, 4.69) is 25.8 Å². The molecule has 1 aliphatic heterocycles. The molecular weight excluding hydrogens is 136 g/mol. The first kappa shape index (κ1) is 8.31. The van der Waals surface area contributed by atoms with E-state index in [1.54, 1.807) is 0 Å². The van der Waals surface area contributed by atoms with E-state index in [1.807, 2.05) is 6.92 Å². The fourth-order valence-electron chi connectivity index (χ4n) is 1.31. The zero-order valence-electron chi connectivity index (χ0n) is 7.73. The lowest BCUT2D eigenvalue weighted by atomic mass is 9.91. The Morgan fingerprint density at radius 2 is 1.91 bits per heavy atom. The largest absolute Gasteiger partial charge is 0.400 e. The lowest BCUT2D eigenvalue weighted by Gasteiger charge is -2.18. The predicted molar refractivity (Wildman–Crippen MR) is 48.4 cm³/mol. The molecule has 0 saturated carbocycles. The summed E-state index contributed by atoms with van der Waals surface area (Å²) in [5, 5.41) is 0. The summed E-state index contributed by atoms with van der Waals surface area (Å²) in [7, 11) is 0. The number of allylic oxidation sites excluding steroid dienone is 2. The number of nitrogens with zero attached hydrogens (tertiary/aromatic N) is 1. The van der Waals surface area contributed by atoms with E-state index in [0.29, 0.717) is 0 Å². The highest BCUT2D eigenvalue weighted by Gasteiger charge is 2.23. The predicted octanol–water partition coefficient (Wildman–Crippen LogP) is 2.07. The van der Waals surface area contributed by atoms with Crippen molar-refractivity contribution in [3.05, 3.63) is 11.4 Å². The second-order valence-corrected chi connectivity index (χ2v) is 4.15. The normalized spacial score (nSPS) is 19.1. The minimum Gasteiger partial charge on any atom is -0.400 e. The molecule has 0 spiro atoms. The van der Waals surface area contributed by atoms with Crippen molar-refractivity contribution in [2.75, 3.05) is 0 Å². The highest BCUT2D eigenvalue weighted by molar-refractivity contribution is 5.87. The van der Waals surface area contributed by atoms with Crippen LogP contribution in [0.5, 0.6) is 0 Å². The number of hydrogen-bond acceptors (Lipinski definition) is 2. The molecule has 0 aromatic heterocycles. The van der Waals surface area contributed by atoms with Crippen molar-refractivity contribution in [2.45, 2.75) is 34.1 Å². The average Bonchev–Trinajstić information content (AvgIpc) is 2.08. The first-order valence-electron chi connectivity index (χ1n) is 3.94. The first-order valence-corrected chi connectivity index (χ1v) is 3.94. The Labute approximate surface area is 68.2 Å². The third-order valence-electron chi connectivity index (χ3n) is 1.76. The molecule has 0 saturated heterocycles. The number of hydrogen-bond donors (Lipinski definition) is 1. The van der Waals surface area contributed by atoms with Gasteiger partial charge in [0.2, 0.25) is 0 Å². The quantitative estimate of drug-likeness (QED) is 0.567. The van der Waals surface area contributed by atoms with E-state index in [-0.39, 0.29) is 5.41 Å². The van der Waals surface area contributed by atoms with E-state index in [4.69, 9.17) is 5.73 Å². The van der Waals surface area contributed by atoms with Gasteiger partial charge >= 0.3 is 0 Å². The van der Waals surface area contributed by atoms with E-state index in [1.165, 1.54) is 0 Å². The maximum atomic E-state index is 5.82. The zero-order valence-corrected chi connectivity index (χ0v) is 7.73. The third-order valence-corrected chi connectivity index (χ3v) is 1.76. The van der Waals surface area contributed by atoms with Gasteiger partial charge in [-0.15, -0.1) is 0 Å². The molecule has 0 amide bonds. The van der Waals surface area contributed by atoms with Crippen LogP contribution in [0.25, 0.3) is 0 Å². The van der Waals surface area contributed by atoms with Crippen molar-refractivity contribution in [1.82, 2.24) is 0 Å². The van der Waals surface area contributed by atoms with Crippen LogP contribution in [0.2, 0.25) is 0 Å². The van der Waals surface area contributed by atoms with Crippen LogP contribution in [0.3, 0.4) is 0 Å². The molecule has 0 radical (unpaired) electrons. The molecule has 0 bridgehead atoms. The fraction of sp³-hybridized carbons (Fsp3) is 0.667. The van der Waals surface area contributed by atoms with Crippen LogP contribution < -0.4 is 5.73 Å². The topological polar surface area (TPSA) is 38.4 Å². The SMILES string of the molecule is CC1=NC(C(C)(C)C)=C(N)C1. The minimum atomic E-state index is 0.0991. The van der Waals surface area contributed by atoms with Crippen molar-refractivity contribution in [3.63, 3.8) is 0 Å². The average molecular weight is 152 g/mol. The molecule has 2 heteroatoms. The molecule has 2 nitrogen and oxygen atoms in total. The Kier molecular flexibility index (Phi) is 1.78. The van der Waals surface area contributed by atoms with Crippen molar-refractivity contribution in [1.29, 1.82) is 0 Å². The molecule has 0 aromatic rings. The minimum absolute atomic E-state index is 0.0991. The van der Waals surface area contributed by atoms with Crippen molar-refractivity contribution >= 4 is 5.71 Å².